The number of rotatable bonds is 4. The SMILES string of the molecule is CCCS(=O)(=O)c1ccc(-n2cc(Br)c(N)n2)cc1. The number of benzene rings is 1. The predicted octanol–water partition coefficient (Wildman–Crippen LogP) is 2.40. The molecule has 19 heavy (non-hydrogen) atoms. The normalized spacial score (nSPS) is 11.7. The molecule has 1 heterocycles. The molecule has 0 fully saturated rings. The van der Waals surface area contributed by atoms with Gasteiger partial charge in [-0.2, -0.15) is 0 Å². The van der Waals surface area contributed by atoms with E-state index in [0.717, 1.165) is 5.69 Å². The number of nitrogens with two attached hydrogens (primary N) is 1. The number of anilines is 1. The molecular weight excluding hydrogens is 330 g/mol. The maximum absolute atomic E-state index is 11.9. The molecule has 0 unspecified atom stereocenters. The highest BCUT2D eigenvalue weighted by atomic mass is 79.9. The van der Waals surface area contributed by atoms with E-state index in [0.29, 0.717) is 21.6 Å². The van der Waals surface area contributed by atoms with E-state index in [-0.39, 0.29) is 5.75 Å². The van der Waals surface area contributed by atoms with Gasteiger partial charge in [-0.1, -0.05) is 6.92 Å². The monoisotopic (exact) mass is 343 g/mol. The maximum Gasteiger partial charge on any atom is 0.178 e. The van der Waals surface area contributed by atoms with Gasteiger partial charge in [0.25, 0.3) is 0 Å². The Morgan fingerprint density at radius 3 is 2.42 bits per heavy atom. The minimum atomic E-state index is -3.18. The molecule has 0 atom stereocenters. The van der Waals surface area contributed by atoms with Crippen LogP contribution in [-0.2, 0) is 9.84 Å². The lowest BCUT2D eigenvalue weighted by Gasteiger charge is -2.05. The van der Waals surface area contributed by atoms with Crippen LogP contribution in [-0.4, -0.2) is 24.0 Å². The van der Waals surface area contributed by atoms with E-state index in [1.807, 2.05) is 6.92 Å². The zero-order valence-electron chi connectivity index (χ0n) is 10.4. The molecule has 102 valence electrons. The molecule has 0 aliphatic carbocycles. The number of aromatic nitrogens is 2. The van der Waals surface area contributed by atoms with Crippen LogP contribution in [0.5, 0.6) is 0 Å². The highest BCUT2D eigenvalue weighted by Crippen LogP contribution is 2.21. The summed E-state index contributed by atoms with van der Waals surface area (Å²) >= 11 is 3.28. The van der Waals surface area contributed by atoms with Crippen LogP contribution in [0.1, 0.15) is 13.3 Å². The Morgan fingerprint density at radius 2 is 1.95 bits per heavy atom. The lowest BCUT2D eigenvalue weighted by Crippen LogP contribution is -2.06. The fourth-order valence-electron chi connectivity index (χ4n) is 1.69. The Bertz CT molecular complexity index is 658. The molecule has 0 radical (unpaired) electrons. The van der Waals surface area contributed by atoms with E-state index in [1.165, 1.54) is 0 Å². The Kier molecular flexibility index (Phi) is 3.96. The highest BCUT2D eigenvalue weighted by molar-refractivity contribution is 9.10. The molecule has 0 aliphatic rings. The summed E-state index contributed by atoms with van der Waals surface area (Å²) in [6, 6.07) is 6.60. The van der Waals surface area contributed by atoms with Crippen molar-refractivity contribution in [2.45, 2.75) is 18.2 Å². The first-order valence-electron chi connectivity index (χ1n) is 5.78. The van der Waals surface area contributed by atoms with Crippen molar-refractivity contribution in [2.24, 2.45) is 0 Å². The zero-order valence-corrected chi connectivity index (χ0v) is 12.8. The molecule has 0 aliphatic heterocycles. The van der Waals surface area contributed by atoms with Gasteiger partial charge in [0.2, 0.25) is 0 Å². The van der Waals surface area contributed by atoms with Crippen molar-refractivity contribution in [2.75, 3.05) is 11.5 Å². The molecule has 0 amide bonds. The van der Waals surface area contributed by atoms with Crippen molar-refractivity contribution < 1.29 is 8.42 Å². The zero-order chi connectivity index (χ0) is 14.0. The number of halogens is 1. The van der Waals surface area contributed by atoms with Crippen LogP contribution in [0, 0.1) is 0 Å². The minimum Gasteiger partial charge on any atom is -0.381 e. The van der Waals surface area contributed by atoms with Crippen LogP contribution in [0.15, 0.2) is 39.8 Å². The summed E-state index contributed by atoms with van der Waals surface area (Å²) in [5.74, 6) is 0.551. The summed E-state index contributed by atoms with van der Waals surface area (Å²) in [6.07, 6.45) is 2.33. The van der Waals surface area contributed by atoms with Crippen LogP contribution < -0.4 is 5.73 Å². The van der Waals surface area contributed by atoms with Gasteiger partial charge >= 0.3 is 0 Å². The summed E-state index contributed by atoms with van der Waals surface area (Å²) in [6.45, 7) is 1.84. The first-order chi connectivity index (χ1) is 8.94. The van der Waals surface area contributed by atoms with Crippen LogP contribution in [0.2, 0.25) is 0 Å². The summed E-state index contributed by atoms with van der Waals surface area (Å²) in [5.41, 5.74) is 6.40. The topological polar surface area (TPSA) is 78.0 Å². The standard InChI is InChI=1S/C12H14BrN3O2S/c1-2-7-19(17,18)10-5-3-9(4-6-10)16-8-11(13)12(14)15-16/h3-6,8H,2,7H2,1H3,(H2,14,15). The van der Waals surface area contributed by atoms with Crippen molar-refractivity contribution >= 4 is 31.6 Å². The second-order valence-corrected chi connectivity index (χ2v) is 7.08. The minimum absolute atomic E-state index is 0.159. The van der Waals surface area contributed by atoms with Gasteiger partial charge in [-0.15, -0.1) is 5.10 Å². The lowest BCUT2D eigenvalue weighted by atomic mass is 10.3. The Hall–Kier alpha value is -1.34. The Labute approximate surface area is 120 Å². The quantitative estimate of drug-likeness (QED) is 0.924. The van der Waals surface area contributed by atoms with Crippen LogP contribution in [0.25, 0.3) is 5.69 Å². The fraction of sp³-hybridized carbons (Fsp3) is 0.250. The van der Waals surface area contributed by atoms with E-state index >= 15 is 0 Å². The Morgan fingerprint density at radius 1 is 1.32 bits per heavy atom. The molecule has 7 heteroatoms. The molecule has 0 saturated heterocycles. The number of hydrogen-bond acceptors (Lipinski definition) is 4. The number of nitrogen functional groups attached to an aromatic ring is 1. The van der Waals surface area contributed by atoms with Gasteiger partial charge < -0.3 is 5.73 Å². The van der Waals surface area contributed by atoms with Gasteiger partial charge in [0, 0.05) is 6.20 Å². The molecule has 0 spiro atoms. The van der Waals surface area contributed by atoms with E-state index in [4.69, 9.17) is 5.73 Å². The summed E-state index contributed by atoms with van der Waals surface area (Å²) in [4.78, 5) is 0.331. The molecule has 5 nitrogen and oxygen atoms in total. The van der Waals surface area contributed by atoms with Crippen molar-refractivity contribution in [3.63, 3.8) is 0 Å². The first-order valence-corrected chi connectivity index (χ1v) is 8.22. The molecule has 0 saturated carbocycles. The summed E-state index contributed by atoms with van der Waals surface area (Å²) < 4.78 is 26.1. The third kappa shape index (κ3) is 2.98. The molecule has 2 N–H and O–H groups in total. The molecule has 1 aromatic heterocycles. The molecule has 0 bridgehead atoms. The van der Waals surface area contributed by atoms with E-state index < -0.39 is 9.84 Å². The number of hydrogen-bond donors (Lipinski definition) is 1. The largest absolute Gasteiger partial charge is 0.381 e. The third-order valence-electron chi connectivity index (χ3n) is 2.63. The second kappa shape index (κ2) is 5.34. The van der Waals surface area contributed by atoms with Gasteiger partial charge in [0.05, 0.1) is 20.8 Å². The van der Waals surface area contributed by atoms with Crippen molar-refractivity contribution in [3.05, 3.63) is 34.9 Å². The van der Waals surface area contributed by atoms with Gasteiger partial charge in [-0.05, 0) is 46.6 Å². The van der Waals surface area contributed by atoms with Crippen LogP contribution in [0.4, 0.5) is 5.82 Å². The molecule has 2 aromatic rings. The predicted molar refractivity (Wildman–Crippen MR) is 78.0 cm³/mol. The lowest BCUT2D eigenvalue weighted by molar-refractivity contribution is 0.594. The van der Waals surface area contributed by atoms with E-state index in [1.54, 1.807) is 35.1 Å². The smallest absolute Gasteiger partial charge is 0.178 e. The summed E-state index contributed by atoms with van der Waals surface area (Å²) in [7, 11) is -3.18. The van der Waals surface area contributed by atoms with Crippen molar-refractivity contribution in [1.29, 1.82) is 0 Å². The van der Waals surface area contributed by atoms with Crippen molar-refractivity contribution in [1.82, 2.24) is 9.78 Å². The first kappa shape index (κ1) is 14.1. The highest BCUT2D eigenvalue weighted by Gasteiger charge is 2.13. The van der Waals surface area contributed by atoms with Gasteiger partial charge in [-0.25, -0.2) is 13.1 Å². The second-order valence-electron chi connectivity index (χ2n) is 4.12. The van der Waals surface area contributed by atoms with E-state index in [2.05, 4.69) is 21.0 Å². The molecular formula is C12H14BrN3O2S. The number of nitrogens with zero attached hydrogens (tertiary/aromatic N) is 2. The average molecular weight is 344 g/mol. The maximum atomic E-state index is 11.9. The summed E-state index contributed by atoms with van der Waals surface area (Å²) in [5, 5.41) is 4.11. The van der Waals surface area contributed by atoms with Crippen LogP contribution in [0.3, 0.4) is 0 Å². The van der Waals surface area contributed by atoms with E-state index in [9.17, 15) is 8.42 Å². The number of sulfone groups is 1. The van der Waals surface area contributed by atoms with Gasteiger partial charge in [0.1, 0.15) is 0 Å². The van der Waals surface area contributed by atoms with Gasteiger partial charge in [-0.3, -0.25) is 0 Å². The molecule has 1 aromatic carbocycles. The third-order valence-corrected chi connectivity index (χ3v) is 5.18. The van der Waals surface area contributed by atoms with Crippen molar-refractivity contribution in [3.8, 4) is 5.69 Å². The fourth-order valence-corrected chi connectivity index (χ4v) is 3.29. The Balaban J connectivity index is 2.33. The average Bonchev–Trinajstić information content (AvgIpc) is 2.70. The molecule has 2 rings (SSSR count). The van der Waals surface area contributed by atoms with Gasteiger partial charge in [0.15, 0.2) is 15.7 Å². The van der Waals surface area contributed by atoms with Crippen LogP contribution >= 0.6 is 15.9 Å².